The summed E-state index contributed by atoms with van der Waals surface area (Å²) in [6.45, 7) is 2.66. The van der Waals surface area contributed by atoms with E-state index in [4.69, 9.17) is 4.42 Å². The lowest BCUT2D eigenvalue weighted by atomic mass is 9.93. The van der Waals surface area contributed by atoms with Crippen LogP contribution in [0, 0.1) is 5.92 Å². The molecule has 0 N–H and O–H groups in total. The Morgan fingerprint density at radius 2 is 1.91 bits per heavy atom. The number of nitrogens with zero attached hydrogens (tertiary/aromatic N) is 2. The molecule has 0 aromatic carbocycles. The number of hydrogen-bond acceptors (Lipinski definition) is 3. The van der Waals surface area contributed by atoms with E-state index in [1.54, 1.807) is 6.07 Å². The number of carbonyl (C=O) groups is 2. The zero-order chi connectivity index (χ0) is 15.4. The molecular weight excluding hydrogens is 280 g/mol. The SMILES string of the molecule is O=C(c1ccoc1)N1CCCN(C(=O)[C@H]2CC=CCC2)CC1. The van der Waals surface area contributed by atoms with Crippen LogP contribution in [0.3, 0.4) is 0 Å². The fourth-order valence-corrected chi connectivity index (χ4v) is 3.19. The molecule has 22 heavy (non-hydrogen) atoms. The minimum atomic E-state index is -0.0105. The molecule has 3 rings (SSSR count). The molecule has 1 aromatic heterocycles. The van der Waals surface area contributed by atoms with Crippen LogP contribution in [0.2, 0.25) is 0 Å². The van der Waals surface area contributed by atoms with Gasteiger partial charge in [0.15, 0.2) is 0 Å². The minimum absolute atomic E-state index is 0.0105. The Morgan fingerprint density at radius 1 is 1.09 bits per heavy atom. The van der Waals surface area contributed by atoms with Crippen molar-refractivity contribution in [3.8, 4) is 0 Å². The van der Waals surface area contributed by atoms with Crippen molar-refractivity contribution in [2.75, 3.05) is 26.2 Å². The van der Waals surface area contributed by atoms with Crippen molar-refractivity contribution < 1.29 is 14.0 Å². The van der Waals surface area contributed by atoms with Crippen molar-refractivity contribution in [1.82, 2.24) is 9.80 Å². The van der Waals surface area contributed by atoms with Gasteiger partial charge in [-0.05, 0) is 31.7 Å². The average Bonchev–Trinajstić information content (AvgIpc) is 2.99. The smallest absolute Gasteiger partial charge is 0.257 e. The number of carbonyl (C=O) groups excluding carboxylic acids is 2. The summed E-state index contributed by atoms with van der Waals surface area (Å²) < 4.78 is 4.98. The number of furan rings is 1. The number of amides is 2. The predicted octanol–water partition coefficient (Wildman–Crippen LogP) is 2.31. The van der Waals surface area contributed by atoms with Crippen LogP contribution in [0.1, 0.15) is 36.0 Å². The van der Waals surface area contributed by atoms with E-state index < -0.39 is 0 Å². The maximum atomic E-state index is 12.6. The largest absolute Gasteiger partial charge is 0.472 e. The summed E-state index contributed by atoms with van der Waals surface area (Å²) in [6, 6.07) is 1.69. The third kappa shape index (κ3) is 3.24. The van der Waals surface area contributed by atoms with Gasteiger partial charge in [-0.15, -0.1) is 0 Å². The molecular formula is C17H22N2O3. The number of rotatable bonds is 2. The molecule has 118 valence electrons. The molecule has 0 spiro atoms. The van der Waals surface area contributed by atoms with Crippen molar-refractivity contribution in [3.05, 3.63) is 36.3 Å². The van der Waals surface area contributed by atoms with Gasteiger partial charge in [0, 0.05) is 32.1 Å². The average molecular weight is 302 g/mol. The molecule has 5 nitrogen and oxygen atoms in total. The summed E-state index contributed by atoms with van der Waals surface area (Å²) in [4.78, 5) is 28.7. The second-order valence-electron chi connectivity index (χ2n) is 5.96. The summed E-state index contributed by atoms with van der Waals surface area (Å²) >= 11 is 0. The van der Waals surface area contributed by atoms with Gasteiger partial charge in [0.05, 0.1) is 11.8 Å². The Kier molecular flexibility index (Phi) is 4.61. The van der Waals surface area contributed by atoms with Gasteiger partial charge < -0.3 is 14.2 Å². The molecule has 1 saturated heterocycles. The molecule has 1 fully saturated rings. The topological polar surface area (TPSA) is 53.8 Å². The first-order chi connectivity index (χ1) is 10.8. The van der Waals surface area contributed by atoms with Gasteiger partial charge in [-0.2, -0.15) is 0 Å². The van der Waals surface area contributed by atoms with E-state index in [1.165, 1.54) is 12.5 Å². The standard InChI is InChI=1S/C17H22N2O3/c20-16(14-5-2-1-3-6-14)18-8-4-9-19(11-10-18)17(21)15-7-12-22-13-15/h1-2,7,12-14H,3-6,8-11H2/t14-/m0/s1. The highest BCUT2D eigenvalue weighted by Gasteiger charge is 2.27. The summed E-state index contributed by atoms with van der Waals surface area (Å²) in [7, 11) is 0. The van der Waals surface area contributed by atoms with E-state index in [9.17, 15) is 9.59 Å². The van der Waals surface area contributed by atoms with Gasteiger partial charge in [-0.3, -0.25) is 9.59 Å². The highest BCUT2D eigenvalue weighted by atomic mass is 16.3. The summed E-state index contributed by atoms with van der Waals surface area (Å²) in [5.74, 6) is 0.367. The predicted molar refractivity (Wildman–Crippen MR) is 82.3 cm³/mol. The fourth-order valence-electron chi connectivity index (χ4n) is 3.19. The molecule has 0 radical (unpaired) electrons. The molecule has 1 aliphatic carbocycles. The summed E-state index contributed by atoms with van der Waals surface area (Å²) in [6.07, 6.45) is 10.9. The Hall–Kier alpha value is -2.04. The minimum Gasteiger partial charge on any atom is -0.472 e. The maximum absolute atomic E-state index is 12.6. The van der Waals surface area contributed by atoms with Crippen LogP contribution in [0.15, 0.2) is 35.2 Å². The molecule has 1 aromatic rings. The van der Waals surface area contributed by atoms with Gasteiger partial charge in [0.2, 0.25) is 5.91 Å². The normalized spacial score (nSPS) is 22.5. The molecule has 1 atom stereocenters. The van der Waals surface area contributed by atoms with Crippen molar-refractivity contribution in [2.45, 2.75) is 25.7 Å². The van der Waals surface area contributed by atoms with E-state index in [2.05, 4.69) is 12.2 Å². The summed E-state index contributed by atoms with van der Waals surface area (Å²) in [5, 5.41) is 0. The molecule has 0 unspecified atom stereocenters. The van der Waals surface area contributed by atoms with Crippen LogP contribution in [-0.4, -0.2) is 47.8 Å². The molecule has 2 heterocycles. The third-order valence-electron chi connectivity index (χ3n) is 4.48. The first-order valence-corrected chi connectivity index (χ1v) is 8.01. The Balaban J connectivity index is 1.59. The highest BCUT2D eigenvalue weighted by Crippen LogP contribution is 2.21. The van der Waals surface area contributed by atoms with Crippen molar-refractivity contribution in [1.29, 1.82) is 0 Å². The first kappa shape index (κ1) is 14.9. The molecule has 2 aliphatic rings. The van der Waals surface area contributed by atoms with Crippen LogP contribution in [0.25, 0.3) is 0 Å². The zero-order valence-electron chi connectivity index (χ0n) is 12.7. The van der Waals surface area contributed by atoms with E-state index >= 15 is 0 Å². The Morgan fingerprint density at radius 3 is 2.64 bits per heavy atom. The lowest BCUT2D eigenvalue weighted by Gasteiger charge is -2.27. The second-order valence-corrected chi connectivity index (χ2v) is 5.96. The lowest BCUT2D eigenvalue weighted by Crippen LogP contribution is -2.40. The fraction of sp³-hybridized carbons (Fsp3) is 0.529. The van der Waals surface area contributed by atoms with E-state index in [0.717, 1.165) is 32.2 Å². The molecule has 5 heteroatoms. The van der Waals surface area contributed by atoms with Crippen LogP contribution in [0.5, 0.6) is 0 Å². The van der Waals surface area contributed by atoms with Crippen LogP contribution < -0.4 is 0 Å². The summed E-state index contributed by atoms with van der Waals surface area (Å²) in [5.41, 5.74) is 0.581. The van der Waals surface area contributed by atoms with Gasteiger partial charge in [-0.1, -0.05) is 12.2 Å². The van der Waals surface area contributed by atoms with Gasteiger partial charge >= 0.3 is 0 Å². The van der Waals surface area contributed by atoms with Crippen molar-refractivity contribution in [2.24, 2.45) is 5.92 Å². The second kappa shape index (κ2) is 6.81. The Labute approximate surface area is 130 Å². The maximum Gasteiger partial charge on any atom is 0.257 e. The van der Waals surface area contributed by atoms with Crippen molar-refractivity contribution >= 4 is 11.8 Å². The van der Waals surface area contributed by atoms with Gasteiger partial charge in [0.25, 0.3) is 5.91 Å². The van der Waals surface area contributed by atoms with E-state index in [0.29, 0.717) is 25.2 Å². The van der Waals surface area contributed by atoms with Crippen LogP contribution in [-0.2, 0) is 4.79 Å². The van der Waals surface area contributed by atoms with Crippen molar-refractivity contribution in [3.63, 3.8) is 0 Å². The lowest BCUT2D eigenvalue weighted by molar-refractivity contribution is -0.135. The number of hydrogen-bond donors (Lipinski definition) is 0. The number of allylic oxidation sites excluding steroid dienone is 2. The quantitative estimate of drug-likeness (QED) is 0.788. The molecule has 1 aliphatic heterocycles. The molecule has 2 amide bonds. The highest BCUT2D eigenvalue weighted by molar-refractivity contribution is 5.93. The molecule has 0 saturated carbocycles. The molecule has 0 bridgehead atoms. The van der Waals surface area contributed by atoms with Crippen LogP contribution in [0.4, 0.5) is 0 Å². The Bertz CT molecular complexity index is 550. The van der Waals surface area contributed by atoms with Gasteiger partial charge in [0.1, 0.15) is 6.26 Å². The zero-order valence-corrected chi connectivity index (χ0v) is 12.7. The third-order valence-corrected chi connectivity index (χ3v) is 4.48. The first-order valence-electron chi connectivity index (χ1n) is 8.01. The van der Waals surface area contributed by atoms with Gasteiger partial charge in [-0.25, -0.2) is 0 Å². The van der Waals surface area contributed by atoms with E-state index in [-0.39, 0.29) is 17.7 Å². The van der Waals surface area contributed by atoms with E-state index in [1.807, 2.05) is 9.80 Å². The van der Waals surface area contributed by atoms with Crippen LogP contribution >= 0.6 is 0 Å². The monoisotopic (exact) mass is 302 g/mol.